The third-order valence-electron chi connectivity index (χ3n) is 10.9. The molecule has 1 atom stereocenters. The smallest absolute Gasteiger partial charge is 0.270 e. The number of aromatic nitrogens is 5. The maximum Gasteiger partial charge on any atom is 0.270 e. The molecule has 0 radical (unpaired) electrons. The maximum absolute atomic E-state index is 14.3. The monoisotopic (exact) mass is 742 g/mol. The van der Waals surface area contributed by atoms with E-state index in [-0.39, 0.29) is 42.6 Å². The standard InChI is InChI=1S/C39H50N10O3.ClH/c1-24-33(20-21-34(42-24)38(51)43-30-14-18-31(19-15-30)48(2)3)27-8-4-25(5-9-27)22-35(36(41)50)49(39(52)29-10-6-26(23-40)7-11-29)32-16-12-28(13-17-32)37-44-46-47-45-37;/h4-5,8-9,12-13,16-17,20-21,26,29-31,35H,6-7,10-11,14-15,18-19,22-23,40H2,1-3H3,(H2,41,50)(H,43,51)(H,44,45,46,47);1H/t26-,29-,30?,31?,35-;/m0./s1. The molecule has 2 aliphatic rings. The second kappa shape index (κ2) is 17.9. The van der Waals surface area contributed by atoms with E-state index in [0.29, 0.717) is 48.6 Å². The van der Waals surface area contributed by atoms with Crippen molar-refractivity contribution in [1.82, 2.24) is 35.8 Å². The lowest BCUT2D eigenvalue weighted by molar-refractivity contribution is -0.127. The highest BCUT2D eigenvalue weighted by Gasteiger charge is 2.36. The number of hydrogen-bond acceptors (Lipinski definition) is 9. The molecular weight excluding hydrogens is 692 g/mol. The van der Waals surface area contributed by atoms with Gasteiger partial charge in [-0.25, -0.2) is 4.98 Å². The zero-order valence-corrected chi connectivity index (χ0v) is 31.5. The molecule has 0 bridgehead atoms. The number of rotatable bonds is 12. The van der Waals surface area contributed by atoms with Gasteiger partial charge in [-0.05, 0) is 132 Å². The molecule has 282 valence electrons. The lowest BCUT2D eigenvalue weighted by Crippen LogP contribution is -2.52. The van der Waals surface area contributed by atoms with Crippen LogP contribution in [0.1, 0.15) is 73.1 Å². The predicted octanol–water partition coefficient (Wildman–Crippen LogP) is 4.46. The first-order chi connectivity index (χ1) is 25.1. The number of carbonyl (C=O) groups excluding carboxylic acids is 3. The normalized spacial score (nSPS) is 20.6. The predicted molar refractivity (Wildman–Crippen MR) is 207 cm³/mol. The van der Waals surface area contributed by atoms with Crippen molar-refractivity contribution in [2.45, 2.75) is 82.8 Å². The molecule has 2 aliphatic carbocycles. The summed E-state index contributed by atoms with van der Waals surface area (Å²) in [5, 5.41) is 17.3. The van der Waals surface area contributed by atoms with E-state index in [0.717, 1.165) is 66.5 Å². The number of carbonyl (C=O) groups is 3. The van der Waals surface area contributed by atoms with Crippen molar-refractivity contribution in [3.63, 3.8) is 0 Å². The van der Waals surface area contributed by atoms with Crippen molar-refractivity contribution in [3.05, 3.63) is 77.6 Å². The molecule has 2 fully saturated rings. The van der Waals surface area contributed by atoms with E-state index < -0.39 is 11.9 Å². The van der Waals surface area contributed by atoms with Gasteiger partial charge in [-0.2, -0.15) is 5.21 Å². The molecule has 14 heteroatoms. The molecule has 2 aromatic heterocycles. The fourth-order valence-corrected chi connectivity index (χ4v) is 7.71. The van der Waals surface area contributed by atoms with Crippen LogP contribution in [0.3, 0.4) is 0 Å². The van der Waals surface area contributed by atoms with Gasteiger partial charge in [0.25, 0.3) is 5.91 Å². The average Bonchev–Trinajstić information content (AvgIpc) is 3.71. The first-order valence-electron chi connectivity index (χ1n) is 18.3. The number of nitrogens with zero attached hydrogens (tertiary/aromatic N) is 6. The van der Waals surface area contributed by atoms with Crippen LogP contribution in [0.15, 0.2) is 60.7 Å². The van der Waals surface area contributed by atoms with Gasteiger partial charge >= 0.3 is 0 Å². The Morgan fingerprint density at radius 3 is 2.11 bits per heavy atom. The van der Waals surface area contributed by atoms with Gasteiger partial charge in [0.15, 0.2) is 0 Å². The summed E-state index contributed by atoms with van der Waals surface area (Å²) in [6.07, 6.45) is 7.47. The van der Waals surface area contributed by atoms with Gasteiger partial charge in [-0.15, -0.1) is 22.6 Å². The van der Waals surface area contributed by atoms with Gasteiger partial charge in [0.2, 0.25) is 17.6 Å². The summed E-state index contributed by atoms with van der Waals surface area (Å²) in [6.45, 7) is 2.51. The lowest BCUT2D eigenvalue weighted by atomic mass is 9.81. The summed E-state index contributed by atoms with van der Waals surface area (Å²) >= 11 is 0. The summed E-state index contributed by atoms with van der Waals surface area (Å²) in [5.41, 5.74) is 17.1. The number of benzene rings is 2. The quantitative estimate of drug-likeness (QED) is 0.163. The second-order valence-corrected chi connectivity index (χ2v) is 14.5. The van der Waals surface area contributed by atoms with E-state index in [9.17, 15) is 14.4 Å². The minimum atomic E-state index is -0.916. The van der Waals surface area contributed by atoms with Gasteiger partial charge in [0.05, 0.1) is 0 Å². The molecule has 13 nitrogen and oxygen atoms in total. The average molecular weight is 743 g/mol. The Morgan fingerprint density at radius 2 is 1.55 bits per heavy atom. The number of aromatic amines is 1. The minimum absolute atomic E-state index is 0. The number of aryl methyl sites for hydroxylation is 1. The second-order valence-electron chi connectivity index (χ2n) is 14.5. The van der Waals surface area contributed by atoms with Gasteiger partial charge < -0.3 is 21.7 Å². The largest absolute Gasteiger partial charge is 0.368 e. The van der Waals surface area contributed by atoms with Crippen LogP contribution in [0.25, 0.3) is 22.5 Å². The Balaban J connectivity index is 0.00000541. The highest BCUT2D eigenvalue weighted by molar-refractivity contribution is 6.02. The van der Waals surface area contributed by atoms with Crippen LogP contribution >= 0.6 is 12.4 Å². The molecular formula is C39H51ClN10O3. The number of H-pyrrole nitrogens is 1. The van der Waals surface area contributed by atoms with Gasteiger partial charge in [-0.1, -0.05) is 30.3 Å². The molecule has 6 N–H and O–H groups in total. The van der Waals surface area contributed by atoms with Gasteiger partial charge in [-0.3, -0.25) is 19.3 Å². The third kappa shape index (κ3) is 9.45. The highest BCUT2D eigenvalue weighted by Crippen LogP contribution is 2.33. The third-order valence-corrected chi connectivity index (χ3v) is 10.9. The van der Waals surface area contributed by atoms with E-state index in [4.69, 9.17) is 11.5 Å². The summed E-state index contributed by atoms with van der Waals surface area (Å²) in [4.78, 5) is 49.0. The summed E-state index contributed by atoms with van der Waals surface area (Å²) in [6, 6.07) is 18.6. The van der Waals surface area contributed by atoms with Crippen LogP contribution < -0.4 is 21.7 Å². The molecule has 6 rings (SSSR count). The number of pyridine rings is 1. The first kappa shape index (κ1) is 39.5. The molecule has 2 aromatic carbocycles. The Morgan fingerprint density at radius 1 is 0.887 bits per heavy atom. The fourth-order valence-electron chi connectivity index (χ4n) is 7.71. The van der Waals surface area contributed by atoms with Crippen LogP contribution in [0.2, 0.25) is 0 Å². The van der Waals surface area contributed by atoms with Gasteiger partial charge in [0.1, 0.15) is 11.7 Å². The molecule has 0 saturated heterocycles. The zero-order valence-electron chi connectivity index (χ0n) is 30.7. The Hall–Kier alpha value is -4.72. The molecule has 2 saturated carbocycles. The van der Waals surface area contributed by atoms with Crippen molar-refractivity contribution < 1.29 is 14.4 Å². The SMILES string of the molecule is Cc1nc(C(=O)NC2CCC(N(C)C)CC2)ccc1-c1ccc(C[C@@H](C(N)=O)N(c2ccc(-c3nn[nH]n3)cc2)C(=O)[C@H]2CC[C@H](CN)CC2)cc1.Cl. The highest BCUT2D eigenvalue weighted by atomic mass is 35.5. The zero-order chi connectivity index (χ0) is 36.8. The van der Waals surface area contributed by atoms with E-state index in [1.165, 1.54) is 0 Å². The topological polar surface area (TPSA) is 189 Å². The van der Waals surface area contributed by atoms with Crippen LogP contribution in [0.4, 0.5) is 5.69 Å². The van der Waals surface area contributed by atoms with E-state index in [1.54, 1.807) is 35.2 Å². The molecule has 0 aliphatic heterocycles. The first-order valence-corrected chi connectivity index (χ1v) is 18.3. The summed E-state index contributed by atoms with van der Waals surface area (Å²) < 4.78 is 0. The Bertz CT molecular complexity index is 1820. The van der Waals surface area contributed by atoms with E-state index in [1.807, 2.05) is 37.3 Å². The summed E-state index contributed by atoms with van der Waals surface area (Å²) in [5.74, 6) is -0.251. The molecule has 53 heavy (non-hydrogen) atoms. The number of amides is 3. The van der Waals surface area contributed by atoms with Gasteiger partial charge in [0, 0.05) is 46.9 Å². The molecule has 4 aromatic rings. The van der Waals surface area contributed by atoms with Crippen molar-refractivity contribution in [3.8, 4) is 22.5 Å². The van der Waals surface area contributed by atoms with Crippen LogP contribution in [0.5, 0.6) is 0 Å². The van der Waals surface area contributed by atoms with Crippen molar-refractivity contribution in [1.29, 1.82) is 0 Å². The van der Waals surface area contributed by atoms with E-state index in [2.05, 4.69) is 49.9 Å². The summed E-state index contributed by atoms with van der Waals surface area (Å²) in [7, 11) is 4.22. The fraction of sp³-hybridized carbons (Fsp3) is 0.462. The number of nitrogens with two attached hydrogens (primary N) is 2. The molecule has 3 amide bonds. The molecule has 2 heterocycles. The lowest BCUT2D eigenvalue weighted by Gasteiger charge is -2.35. The Kier molecular flexibility index (Phi) is 13.3. The van der Waals surface area contributed by atoms with Crippen molar-refractivity contribution in [2.24, 2.45) is 23.3 Å². The maximum atomic E-state index is 14.3. The van der Waals surface area contributed by atoms with E-state index >= 15 is 0 Å². The van der Waals surface area contributed by atoms with Crippen molar-refractivity contribution >= 4 is 35.8 Å². The number of nitrogens with one attached hydrogen (secondary N) is 2. The van der Waals surface area contributed by atoms with Crippen LogP contribution in [0, 0.1) is 18.8 Å². The molecule has 0 spiro atoms. The number of hydrogen-bond donors (Lipinski definition) is 4. The van der Waals surface area contributed by atoms with Crippen LogP contribution in [-0.4, -0.2) is 87.0 Å². The van der Waals surface area contributed by atoms with Crippen molar-refractivity contribution in [2.75, 3.05) is 25.5 Å². The number of primary amides is 1. The minimum Gasteiger partial charge on any atom is -0.368 e. The number of anilines is 1. The van der Waals surface area contributed by atoms with Crippen LogP contribution in [-0.2, 0) is 16.0 Å². The number of tetrazole rings is 1. The Labute approximate surface area is 317 Å². The molecule has 0 unspecified atom stereocenters. The number of halogens is 1.